The highest BCUT2D eigenvalue weighted by atomic mass is 32.2. The van der Waals surface area contributed by atoms with Crippen LogP contribution in [-0.4, -0.2) is 76.0 Å². The van der Waals surface area contributed by atoms with Gasteiger partial charge < -0.3 is 14.5 Å². The van der Waals surface area contributed by atoms with Crippen LogP contribution in [0.15, 0.2) is 53.4 Å². The van der Waals surface area contributed by atoms with Gasteiger partial charge in [0.15, 0.2) is 0 Å². The highest BCUT2D eigenvalue weighted by Crippen LogP contribution is 2.21. The van der Waals surface area contributed by atoms with Crippen molar-refractivity contribution >= 4 is 21.6 Å². The third-order valence-electron chi connectivity index (χ3n) is 5.83. The summed E-state index contributed by atoms with van der Waals surface area (Å²) in [6.07, 6.45) is 0.803. The van der Waals surface area contributed by atoms with Crippen molar-refractivity contribution in [2.24, 2.45) is 0 Å². The van der Waals surface area contributed by atoms with Crippen molar-refractivity contribution < 1.29 is 17.9 Å². The van der Waals surface area contributed by atoms with Crippen molar-refractivity contribution in [3.8, 4) is 6.07 Å². The summed E-state index contributed by atoms with van der Waals surface area (Å²) in [7, 11) is -3.66. The van der Waals surface area contributed by atoms with Crippen molar-refractivity contribution in [2.45, 2.75) is 11.3 Å². The molecule has 8 nitrogen and oxygen atoms in total. The molecule has 0 spiro atoms. The molecule has 32 heavy (non-hydrogen) atoms. The second kappa shape index (κ2) is 9.69. The molecule has 2 aromatic carbocycles. The molecule has 2 saturated heterocycles. The zero-order chi connectivity index (χ0) is 22.6. The van der Waals surface area contributed by atoms with Gasteiger partial charge in [0, 0.05) is 50.5 Å². The fraction of sp³-hybridized carbons (Fsp3) is 0.391. The summed E-state index contributed by atoms with van der Waals surface area (Å²) in [4.78, 5) is 17.3. The highest BCUT2D eigenvalue weighted by molar-refractivity contribution is 7.89. The number of carbonyl (C=O) groups excluding carboxylic acids is 1. The third-order valence-corrected chi connectivity index (χ3v) is 7.73. The Labute approximate surface area is 188 Å². The molecule has 0 unspecified atom stereocenters. The molecule has 9 heteroatoms. The van der Waals surface area contributed by atoms with E-state index in [1.165, 1.54) is 16.4 Å². The fourth-order valence-corrected chi connectivity index (χ4v) is 5.49. The molecule has 0 saturated carbocycles. The monoisotopic (exact) mass is 454 g/mol. The van der Waals surface area contributed by atoms with E-state index >= 15 is 0 Å². The van der Waals surface area contributed by atoms with E-state index in [0.29, 0.717) is 57.1 Å². The van der Waals surface area contributed by atoms with Gasteiger partial charge >= 0.3 is 0 Å². The fourth-order valence-electron chi connectivity index (χ4n) is 4.03. The summed E-state index contributed by atoms with van der Waals surface area (Å²) in [5.74, 6) is -0.161. The first-order valence-corrected chi connectivity index (χ1v) is 12.2. The first kappa shape index (κ1) is 22.3. The summed E-state index contributed by atoms with van der Waals surface area (Å²) in [6, 6.07) is 15.9. The molecule has 0 N–H and O–H groups in total. The van der Waals surface area contributed by atoms with E-state index in [9.17, 15) is 13.2 Å². The van der Waals surface area contributed by atoms with Crippen LogP contribution < -0.4 is 4.90 Å². The zero-order valence-electron chi connectivity index (χ0n) is 17.8. The molecule has 2 fully saturated rings. The van der Waals surface area contributed by atoms with E-state index in [4.69, 9.17) is 10.00 Å². The molecule has 0 atom stereocenters. The summed E-state index contributed by atoms with van der Waals surface area (Å²) in [6.45, 7) is 4.01. The zero-order valence-corrected chi connectivity index (χ0v) is 18.6. The Morgan fingerprint density at radius 2 is 1.69 bits per heavy atom. The van der Waals surface area contributed by atoms with E-state index in [0.717, 1.165) is 18.7 Å². The Morgan fingerprint density at radius 3 is 2.41 bits per heavy atom. The number of hydrogen-bond acceptors (Lipinski definition) is 6. The Kier molecular flexibility index (Phi) is 6.74. The number of nitriles is 1. The van der Waals surface area contributed by atoms with Crippen LogP contribution in [0.5, 0.6) is 0 Å². The molecule has 1 amide bonds. The lowest BCUT2D eigenvalue weighted by atomic mass is 10.2. The average molecular weight is 455 g/mol. The van der Waals surface area contributed by atoms with Gasteiger partial charge in [0.1, 0.15) is 0 Å². The molecule has 0 aromatic heterocycles. The van der Waals surface area contributed by atoms with Crippen molar-refractivity contribution in [3.63, 3.8) is 0 Å². The number of carbonyl (C=O) groups is 1. The largest absolute Gasteiger partial charge is 0.379 e. The number of amides is 1. The number of nitrogens with zero attached hydrogens (tertiary/aromatic N) is 4. The maximum atomic E-state index is 13.2. The van der Waals surface area contributed by atoms with E-state index in [1.807, 2.05) is 12.1 Å². The van der Waals surface area contributed by atoms with Crippen LogP contribution in [0.3, 0.4) is 0 Å². The molecule has 2 aromatic rings. The van der Waals surface area contributed by atoms with Gasteiger partial charge in [-0.2, -0.15) is 9.57 Å². The number of morpholine rings is 1. The third kappa shape index (κ3) is 4.78. The Bertz CT molecular complexity index is 1110. The topological polar surface area (TPSA) is 93.9 Å². The summed E-state index contributed by atoms with van der Waals surface area (Å²) in [5.41, 5.74) is 2.02. The molecule has 2 aliphatic rings. The van der Waals surface area contributed by atoms with Crippen LogP contribution in [0.2, 0.25) is 0 Å². The number of hydrogen-bond donors (Lipinski definition) is 0. The van der Waals surface area contributed by atoms with Gasteiger partial charge in [0.05, 0.1) is 29.7 Å². The first-order chi connectivity index (χ1) is 15.5. The van der Waals surface area contributed by atoms with E-state index in [-0.39, 0.29) is 10.8 Å². The average Bonchev–Trinajstić information content (AvgIpc) is 3.11. The molecule has 0 aliphatic carbocycles. The van der Waals surface area contributed by atoms with Crippen LogP contribution >= 0.6 is 0 Å². The summed E-state index contributed by atoms with van der Waals surface area (Å²) >= 11 is 0. The van der Waals surface area contributed by atoms with Gasteiger partial charge in [-0.15, -0.1) is 0 Å². The second-order valence-corrected chi connectivity index (χ2v) is 9.77. The predicted molar refractivity (Wildman–Crippen MR) is 120 cm³/mol. The summed E-state index contributed by atoms with van der Waals surface area (Å²) < 4.78 is 32.6. The van der Waals surface area contributed by atoms with Crippen molar-refractivity contribution in [1.82, 2.24) is 9.21 Å². The van der Waals surface area contributed by atoms with Crippen molar-refractivity contribution in [3.05, 3.63) is 59.7 Å². The number of rotatable bonds is 4. The number of ether oxygens (including phenoxy) is 1. The Morgan fingerprint density at radius 1 is 0.938 bits per heavy atom. The summed E-state index contributed by atoms with van der Waals surface area (Å²) in [5, 5.41) is 8.98. The van der Waals surface area contributed by atoms with Gasteiger partial charge in [-0.05, 0) is 48.9 Å². The molecule has 0 radical (unpaired) electrons. The van der Waals surface area contributed by atoms with Gasteiger partial charge in [-0.3, -0.25) is 4.79 Å². The normalized spacial score (nSPS) is 18.1. The Balaban J connectivity index is 1.46. The van der Waals surface area contributed by atoms with Crippen LogP contribution in [0, 0.1) is 11.3 Å². The minimum atomic E-state index is -3.66. The molecular weight excluding hydrogens is 428 g/mol. The highest BCUT2D eigenvalue weighted by Gasteiger charge is 2.28. The van der Waals surface area contributed by atoms with E-state index in [2.05, 4.69) is 11.0 Å². The first-order valence-electron chi connectivity index (χ1n) is 10.7. The number of benzene rings is 2. The van der Waals surface area contributed by atoms with E-state index < -0.39 is 10.0 Å². The predicted octanol–water partition coefficient (Wildman–Crippen LogP) is 1.93. The van der Waals surface area contributed by atoms with Gasteiger partial charge in [-0.1, -0.05) is 6.07 Å². The van der Waals surface area contributed by atoms with Crippen LogP contribution in [0.25, 0.3) is 0 Å². The maximum absolute atomic E-state index is 13.2. The Hall–Kier alpha value is -2.93. The smallest absolute Gasteiger partial charge is 0.253 e. The molecule has 168 valence electrons. The van der Waals surface area contributed by atoms with Crippen molar-refractivity contribution in [1.29, 1.82) is 5.26 Å². The minimum Gasteiger partial charge on any atom is -0.379 e. The van der Waals surface area contributed by atoms with Crippen LogP contribution in [0.4, 0.5) is 5.69 Å². The van der Waals surface area contributed by atoms with Gasteiger partial charge in [0.25, 0.3) is 5.91 Å². The SMILES string of the molecule is N#Cc1ccc(N2CCCN(C(=O)c3cccc(S(=O)(=O)N4CCOCC4)c3)CC2)cc1. The number of sulfonamides is 1. The molecule has 0 bridgehead atoms. The molecular formula is C23H26N4O4S. The van der Waals surface area contributed by atoms with Crippen LogP contribution in [-0.2, 0) is 14.8 Å². The quantitative estimate of drug-likeness (QED) is 0.701. The molecule has 2 heterocycles. The lowest BCUT2D eigenvalue weighted by Gasteiger charge is -2.26. The molecule has 2 aliphatic heterocycles. The van der Waals surface area contributed by atoms with E-state index in [1.54, 1.807) is 29.2 Å². The molecule has 4 rings (SSSR count). The van der Waals surface area contributed by atoms with Crippen molar-refractivity contribution in [2.75, 3.05) is 57.4 Å². The number of anilines is 1. The van der Waals surface area contributed by atoms with Crippen LogP contribution in [0.1, 0.15) is 22.3 Å². The second-order valence-electron chi connectivity index (χ2n) is 7.84. The lowest BCUT2D eigenvalue weighted by Crippen LogP contribution is -2.40. The van der Waals surface area contributed by atoms with Gasteiger partial charge in [0.2, 0.25) is 10.0 Å². The van der Waals surface area contributed by atoms with Gasteiger partial charge in [-0.25, -0.2) is 8.42 Å². The lowest BCUT2D eigenvalue weighted by molar-refractivity contribution is 0.0730. The minimum absolute atomic E-state index is 0.138. The maximum Gasteiger partial charge on any atom is 0.253 e. The standard InChI is InChI=1S/C23H26N4O4S/c24-18-19-5-7-21(8-6-19)25-9-2-10-26(12-11-25)23(28)20-3-1-4-22(17-20)32(29,30)27-13-15-31-16-14-27/h1,3-8,17H,2,9-16H2.